The van der Waals surface area contributed by atoms with Gasteiger partial charge in [0.15, 0.2) is 0 Å². The van der Waals surface area contributed by atoms with E-state index >= 15 is 0 Å². The van der Waals surface area contributed by atoms with E-state index in [-0.39, 0.29) is 6.04 Å². The number of aromatic nitrogens is 1. The molecule has 1 aromatic heterocycles. The van der Waals surface area contributed by atoms with Crippen molar-refractivity contribution in [2.24, 2.45) is 5.73 Å². The van der Waals surface area contributed by atoms with Gasteiger partial charge in [-0.05, 0) is 24.1 Å². The fourth-order valence-corrected chi connectivity index (χ4v) is 2.70. The predicted octanol–water partition coefficient (Wildman–Crippen LogP) is 2.27. The first-order valence-corrected chi connectivity index (χ1v) is 7.36. The fraction of sp³-hybridized carbons (Fsp3) is 0.353. The van der Waals surface area contributed by atoms with Gasteiger partial charge in [0.1, 0.15) is 5.82 Å². The summed E-state index contributed by atoms with van der Waals surface area (Å²) in [7, 11) is 0. The highest BCUT2D eigenvalue weighted by atomic mass is 16.5. The van der Waals surface area contributed by atoms with Gasteiger partial charge in [-0.2, -0.15) is 0 Å². The van der Waals surface area contributed by atoms with E-state index in [2.05, 4.69) is 29.2 Å². The molecular weight excluding hydrogens is 262 g/mol. The second kappa shape index (κ2) is 6.24. The lowest BCUT2D eigenvalue weighted by Crippen LogP contribution is -2.36. The summed E-state index contributed by atoms with van der Waals surface area (Å²) < 4.78 is 5.38. The molecule has 2 heterocycles. The van der Waals surface area contributed by atoms with Crippen molar-refractivity contribution in [1.29, 1.82) is 0 Å². The molecule has 3 rings (SSSR count). The number of hydrogen-bond acceptors (Lipinski definition) is 4. The molecule has 0 amide bonds. The fourth-order valence-electron chi connectivity index (χ4n) is 2.70. The minimum absolute atomic E-state index is 0.127. The third-order valence-electron chi connectivity index (χ3n) is 3.94. The molecule has 0 aliphatic carbocycles. The van der Waals surface area contributed by atoms with Gasteiger partial charge >= 0.3 is 0 Å². The summed E-state index contributed by atoms with van der Waals surface area (Å²) in [6.07, 6.45) is 0. The van der Waals surface area contributed by atoms with Crippen molar-refractivity contribution in [1.82, 2.24) is 4.98 Å². The molecular formula is C17H21N3O. The van der Waals surface area contributed by atoms with Gasteiger partial charge in [0.25, 0.3) is 0 Å². The van der Waals surface area contributed by atoms with Gasteiger partial charge in [-0.3, -0.25) is 0 Å². The second-order valence-corrected chi connectivity index (χ2v) is 5.33. The number of pyridine rings is 1. The number of morpholine rings is 1. The first kappa shape index (κ1) is 14.0. The Balaban J connectivity index is 1.84. The monoisotopic (exact) mass is 283 g/mol. The highest BCUT2D eigenvalue weighted by Gasteiger charge is 2.16. The molecule has 0 radical (unpaired) electrons. The maximum atomic E-state index is 6.37. The third-order valence-corrected chi connectivity index (χ3v) is 3.94. The van der Waals surface area contributed by atoms with Gasteiger partial charge in [0, 0.05) is 18.8 Å². The summed E-state index contributed by atoms with van der Waals surface area (Å²) in [6, 6.07) is 14.2. The van der Waals surface area contributed by atoms with Crippen molar-refractivity contribution < 1.29 is 4.74 Å². The maximum Gasteiger partial charge on any atom is 0.128 e. The Morgan fingerprint density at radius 2 is 1.81 bits per heavy atom. The van der Waals surface area contributed by atoms with E-state index in [9.17, 15) is 0 Å². The van der Waals surface area contributed by atoms with Gasteiger partial charge in [0.2, 0.25) is 0 Å². The van der Waals surface area contributed by atoms with Crippen molar-refractivity contribution in [3.05, 3.63) is 59.3 Å². The molecule has 1 unspecified atom stereocenters. The van der Waals surface area contributed by atoms with Crippen LogP contribution in [0.25, 0.3) is 0 Å². The van der Waals surface area contributed by atoms with E-state index in [1.54, 1.807) is 0 Å². The molecule has 4 heteroatoms. The summed E-state index contributed by atoms with van der Waals surface area (Å²) in [5, 5.41) is 0. The molecule has 1 saturated heterocycles. The molecule has 0 bridgehead atoms. The molecule has 4 nitrogen and oxygen atoms in total. The summed E-state index contributed by atoms with van der Waals surface area (Å²) >= 11 is 0. The zero-order valence-corrected chi connectivity index (χ0v) is 12.3. The maximum absolute atomic E-state index is 6.37. The van der Waals surface area contributed by atoms with Gasteiger partial charge in [0.05, 0.1) is 19.3 Å². The smallest absolute Gasteiger partial charge is 0.128 e. The highest BCUT2D eigenvalue weighted by Crippen LogP contribution is 2.24. The lowest BCUT2D eigenvalue weighted by Gasteiger charge is -2.28. The number of nitrogens with two attached hydrogens (primary N) is 1. The zero-order valence-electron chi connectivity index (χ0n) is 12.3. The zero-order chi connectivity index (χ0) is 14.7. The van der Waals surface area contributed by atoms with Crippen molar-refractivity contribution in [3.63, 3.8) is 0 Å². The first-order chi connectivity index (χ1) is 10.3. The third kappa shape index (κ3) is 3.06. The average molecular weight is 283 g/mol. The van der Waals surface area contributed by atoms with Crippen LogP contribution >= 0.6 is 0 Å². The van der Waals surface area contributed by atoms with Crippen molar-refractivity contribution in [3.8, 4) is 0 Å². The molecule has 2 aromatic rings. The van der Waals surface area contributed by atoms with Crippen LogP contribution in [0, 0.1) is 6.92 Å². The van der Waals surface area contributed by atoms with Crippen LogP contribution in [0.15, 0.2) is 42.5 Å². The van der Waals surface area contributed by atoms with E-state index < -0.39 is 0 Å². The molecule has 1 atom stereocenters. The van der Waals surface area contributed by atoms with Gasteiger partial charge in [-0.1, -0.05) is 36.4 Å². The van der Waals surface area contributed by atoms with Crippen LogP contribution in [0.3, 0.4) is 0 Å². The largest absolute Gasteiger partial charge is 0.378 e. The molecule has 1 aliphatic rings. The van der Waals surface area contributed by atoms with E-state index in [1.807, 2.05) is 25.1 Å². The Hall–Kier alpha value is -1.91. The summed E-state index contributed by atoms with van der Waals surface area (Å²) in [5.74, 6) is 1.01. The summed E-state index contributed by atoms with van der Waals surface area (Å²) in [4.78, 5) is 6.99. The van der Waals surface area contributed by atoms with Crippen molar-refractivity contribution in [2.75, 3.05) is 31.2 Å². The highest BCUT2D eigenvalue weighted by molar-refractivity contribution is 5.44. The van der Waals surface area contributed by atoms with Crippen LogP contribution in [0.4, 0.5) is 5.82 Å². The Morgan fingerprint density at radius 1 is 1.10 bits per heavy atom. The molecule has 1 aliphatic heterocycles. The lowest BCUT2D eigenvalue weighted by atomic mass is 9.98. The average Bonchev–Trinajstić information content (AvgIpc) is 2.56. The minimum Gasteiger partial charge on any atom is -0.378 e. The molecule has 1 aromatic carbocycles. The van der Waals surface area contributed by atoms with Crippen LogP contribution in [-0.2, 0) is 4.74 Å². The van der Waals surface area contributed by atoms with Crippen molar-refractivity contribution >= 4 is 5.82 Å². The Morgan fingerprint density at radius 3 is 2.48 bits per heavy atom. The lowest BCUT2D eigenvalue weighted by molar-refractivity contribution is 0.122. The number of nitrogens with zero attached hydrogens (tertiary/aromatic N) is 2. The van der Waals surface area contributed by atoms with Crippen molar-refractivity contribution in [2.45, 2.75) is 13.0 Å². The molecule has 21 heavy (non-hydrogen) atoms. The molecule has 0 spiro atoms. The number of anilines is 1. The normalized spacial score (nSPS) is 16.8. The standard InChI is InChI=1S/C17H21N3O/c1-13-15(17(18)14-5-3-2-4-6-14)7-8-16(19-13)20-9-11-21-12-10-20/h2-8,17H,9-12,18H2,1H3. The van der Waals surface area contributed by atoms with Crippen LogP contribution in [-0.4, -0.2) is 31.3 Å². The Labute approximate surface area is 125 Å². The Bertz CT molecular complexity index is 594. The Kier molecular flexibility index (Phi) is 4.18. The van der Waals surface area contributed by atoms with E-state index in [4.69, 9.17) is 15.5 Å². The van der Waals surface area contributed by atoms with Gasteiger partial charge < -0.3 is 15.4 Å². The second-order valence-electron chi connectivity index (χ2n) is 5.33. The summed E-state index contributed by atoms with van der Waals surface area (Å²) in [5.41, 5.74) is 9.56. The molecule has 0 saturated carbocycles. The number of hydrogen-bond donors (Lipinski definition) is 1. The molecule has 2 N–H and O–H groups in total. The predicted molar refractivity (Wildman–Crippen MR) is 84.5 cm³/mol. The number of rotatable bonds is 3. The van der Waals surface area contributed by atoms with Crippen LogP contribution in [0.1, 0.15) is 22.9 Å². The van der Waals surface area contributed by atoms with Crippen LogP contribution < -0.4 is 10.6 Å². The van der Waals surface area contributed by atoms with Crippen LogP contribution in [0.2, 0.25) is 0 Å². The number of aryl methyl sites for hydroxylation is 1. The first-order valence-electron chi connectivity index (χ1n) is 7.36. The van der Waals surface area contributed by atoms with E-state index in [0.29, 0.717) is 0 Å². The number of ether oxygens (including phenoxy) is 1. The topological polar surface area (TPSA) is 51.4 Å². The van der Waals surface area contributed by atoms with Gasteiger partial charge in [-0.25, -0.2) is 4.98 Å². The molecule has 110 valence electrons. The number of benzene rings is 1. The van der Waals surface area contributed by atoms with E-state index in [1.165, 1.54) is 0 Å². The van der Waals surface area contributed by atoms with E-state index in [0.717, 1.165) is 48.9 Å². The van der Waals surface area contributed by atoms with Gasteiger partial charge in [-0.15, -0.1) is 0 Å². The minimum atomic E-state index is -0.127. The van der Waals surface area contributed by atoms with Crippen LogP contribution in [0.5, 0.6) is 0 Å². The summed E-state index contributed by atoms with van der Waals surface area (Å²) in [6.45, 7) is 5.37. The quantitative estimate of drug-likeness (QED) is 0.939. The SMILES string of the molecule is Cc1nc(N2CCOCC2)ccc1C(N)c1ccccc1. The molecule has 1 fully saturated rings.